The highest BCUT2D eigenvalue weighted by Crippen LogP contribution is 2.48. The van der Waals surface area contributed by atoms with Crippen LogP contribution in [0, 0.1) is 6.92 Å². The van der Waals surface area contributed by atoms with Crippen molar-refractivity contribution in [3.05, 3.63) is 58.2 Å². The average Bonchev–Trinajstić information content (AvgIpc) is 2.75. The molecule has 0 fully saturated rings. The van der Waals surface area contributed by atoms with Gasteiger partial charge in [-0.05, 0) is 53.3 Å². The topological polar surface area (TPSA) is 26.0 Å². The summed E-state index contributed by atoms with van der Waals surface area (Å²) in [5.74, 6) is 0. The normalized spacial score (nSPS) is 21.1. The maximum absolute atomic E-state index is 12.6. The van der Waals surface area contributed by atoms with Gasteiger partial charge in [-0.2, -0.15) is 24.1 Å². The summed E-state index contributed by atoms with van der Waals surface area (Å²) >= 11 is 6.14. The van der Waals surface area contributed by atoms with Gasteiger partial charge in [0.1, 0.15) is 0 Å². The van der Waals surface area contributed by atoms with Gasteiger partial charge >= 0.3 is 6.18 Å². The van der Waals surface area contributed by atoms with Gasteiger partial charge in [-0.3, -0.25) is 0 Å². The van der Waals surface area contributed by atoms with E-state index in [1.807, 2.05) is 0 Å². The lowest BCUT2D eigenvalue weighted by atomic mass is 9.96. The van der Waals surface area contributed by atoms with Gasteiger partial charge in [0, 0.05) is 10.6 Å². The zero-order valence-corrected chi connectivity index (χ0v) is 12.4. The predicted octanol–water partition coefficient (Wildman–Crippen LogP) is 4.68. The average molecular weight is 321 g/mol. The van der Waals surface area contributed by atoms with Crippen LogP contribution in [-0.2, 0) is 5.54 Å². The van der Waals surface area contributed by atoms with Gasteiger partial charge in [-0.25, -0.2) is 0 Å². The number of alkyl halides is 3. The van der Waals surface area contributed by atoms with E-state index in [-0.39, 0.29) is 0 Å². The molecule has 20 heavy (non-hydrogen) atoms. The summed E-state index contributed by atoms with van der Waals surface area (Å²) in [5.41, 5.74) is 5.10. The molecule has 0 aliphatic carbocycles. The Kier molecular flexibility index (Phi) is 3.97. The monoisotopic (exact) mass is 320 g/mol. The summed E-state index contributed by atoms with van der Waals surface area (Å²) in [7, 11) is -1.12. The van der Waals surface area contributed by atoms with Crippen molar-refractivity contribution in [1.29, 1.82) is 0 Å². The molecule has 1 radical (unpaired) electrons. The van der Waals surface area contributed by atoms with Crippen LogP contribution in [-0.4, -0.2) is 6.18 Å². The van der Waals surface area contributed by atoms with E-state index in [9.17, 15) is 13.2 Å². The molecular weight excluding hydrogens is 307 g/mol. The third kappa shape index (κ3) is 3.22. The Morgan fingerprint density at radius 2 is 1.95 bits per heavy atom. The van der Waals surface area contributed by atoms with Crippen molar-refractivity contribution in [1.82, 2.24) is 0 Å². The summed E-state index contributed by atoms with van der Waals surface area (Å²) in [4.78, 5) is 0.758. The highest BCUT2D eigenvalue weighted by atomic mass is 35.5. The van der Waals surface area contributed by atoms with Gasteiger partial charge in [0.25, 0.3) is 0 Å². The second-order valence-electron chi connectivity index (χ2n) is 4.89. The van der Waals surface area contributed by atoms with Gasteiger partial charge in [0.05, 0.1) is 5.57 Å². The lowest BCUT2D eigenvalue weighted by Gasteiger charge is -2.22. The molecule has 0 aromatic heterocycles. The fraction of sp³-hybridized carbons (Fsp3) is 0.214. The maximum atomic E-state index is 12.6. The lowest BCUT2D eigenvalue weighted by molar-refractivity contribution is -0.0878. The number of hydrogen-bond donors (Lipinski definition) is 2. The molecule has 0 amide bonds. The second-order valence-corrected chi connectivity index (χ2v) is 7.18. The number of rotatable bonds is 2. The molecule has 1 aliphatic rings. The van der Waals surface area contributed by atoms with Gasteiger partial charge in [-0.15, -0.1) is 0 Å². The molecule has 1 aromatic rings. The molecule has 2 rings (SSSR count). The molecule has 1 aliphatic heterocycles. The molecule has 109 valence electrons. The van der Waals surface area contributed by atoms with E-state index in [0.29, 0.717) is 10.6 Å². The Hall–Kier alpha value is -0.910. The van der Waals surface area contributed by atoms with Crippen LogP contribution in [0.4, 0.5) is 13.2 Å². The number of hydrogen-bond acceptors (Lipinski definition) is 1. The first-order valence-electron chi connectivity index (χ1n) is 5.79. The fourth-order valence-corrected chi connectivity index (χ4v) is 4.11. The van der Waals surface area contributed by atoms with E-state index < -0.39 is 28.2 Å². The molecule has 0 saturated heterocycles. The summed E-state index contributed by atoms with van der Waals surface area (Å²) in [6, 6.07) is 5.14. The first-order chi connectivity index (χ1) is 9.09. The van der Waals surface area contributed by atoms with Gasteiger partial charge in [0.15, 0.2) is 0 Å². The van der Waals surface area contributed by atoms with Crippen LogP contribution in [0.15, 0.2) is 45.6 Å². The standard InChI is InChI=1S/C14H14ClF3NS/c1-13(2,19)11-4-3-10(7-12(11)15)20-6-5-9(8-20)14(16,17)18/h3-8,20H,1,19H2,2H3. The zero-order chi connectivity index (χ0) is 15.1. The molecule has 0 saturated carbocycles. The molecule has 0 bridgehead atoms. The minimum atomic E-state index is -4.31. The van der Waals surface area contributed by atoms with E-state index in [0.717, 1.165) is 11.0 Å². The Balaban J connectivity index is 2.32. The molecule has 1 heterocycles. The third-order valence-electron chi connectivity index (χ3n) is 2.89. The SMILES string of the molecule is [CH2]C(C)(N)c1ccc([SH]2C=CC(C(F)(F)F)=C2)cc1Cl. The van der Waals surface area contributed by atoms with Crippen LogP contribution in [0.25, 0.3) is 0 Å². The van der Waals surface area contributed by atoms with Crippen molar-refractivity contribution >= 4 is 22.5 Å². The third-order valence-corrected chi connectivity index (χ3v) is 5.10. The Labute approximate surface area is 123 Å². The minimum Gasteiger partial charge on any atom is -0.322 e. The molecule has 1 aromatic carbocycles. The van der Waals surface area contributed by atoms with Crippen molar-refractivity contribution in [3.63, 3.8) is 0 Å². The van der Waals surface area contributed by atoms with Crippen molar-refractivity contribution in [2.75, 3.05) is 0 Å². The fourth-order valence-electron chi connectivity index (χ4n) is 1.85. The van der Waals surface area contributed by atoms with E-state index in [4.69, 9.17) is 17.3 Å². The summed E-state index contributed by atoms with van der Waals surface area (Å²) in [5, 5.41) is 3.23. The van der Waals surface area contributed by atoms with E-state index in [1.54, 1.807) is 30.5 Å². The van der Waals surface area contributed by atoms with Gasteiger partial charge < -0.3 is 5.73 Å². The summed E-state index contributed by atoms with van der Waals surface area (Å²) in [6.45, 7) is 5.52. The molecular formula is C14H14ClF3NS. The summed E-state index contributed by atoms with van der Waals surface area (Å²) < 4.78 is 37.8. The van der Waals surface area contributed by atoms with Crippen LogP contribution < -0.4 is 5.73 Å². The van der Waals surface area contributed by atoms with Crippen LogP contribution in [0.2, 0.25) is 5.02 Å². The Bertz CT molecular complexity index is 585. The molecule has 2 atom stereocenters. The number of halogens is 4. The van der Waals surface area contributed by atoms with Gasteiger partial charge in [0.2, 0.25) is 0 Å². The van der Waals surface area contributed by atoms with Crippen molar-refractivity contribution < 1.29 is 13.2 Å². The lowest BCUT2D eigenvalue weighted by Crippen LogP contribution is -2.29. The first kappa shape index (κ1) is 15.5. The minimum absolute atomic E-state index is 0.423. The molecule has 2 N–H and O–H groups in total. The molecule has 0 spiro atoms. The van der Waals surface area contributed by atoms with Crippen LogP contribution in [0.1, 0.15) is 12.5 Å². The van der Waals surface area contributed by atoms with Crippen LogP contribution >= 0.6 is 22.5 Å². The smallest absolute Gasteiger partial charge is 0.322 e. The predicted molar refractivity (Wildman–Crippen MR) is 78.9 cm³/mol. The van der Waals surface area contributed by atoms with Crippen molar-refractivity contribution in [2.24, 2.45) is 5.73 Å². The quantitative estimate of drug-likeness (QED) is 0.760. The molecule has 2 unspecified atom stereocenters. The Morgan fingerprint density at radius 1 is 1.30 bits per heavy atom. The Morgan fingerprint density at radius 3 is 2.40 bits per heavy atom. The number of nitrogens with two attached hydrogens (primary N) is 1. The molecule has 1 nitrogen and oxygen atoms in total. The first-order valence-corrected chi connectivity index (χ1v) is 7.64. The van der Waals surface area contributed by atoms with Crippen molar-refractivity contribution in [3.8, 4) is 0 Å². The number of thiol groups is 1. The van der Waals surface area contributed by atoms with Crippen molar-refractivity contribution in [2.45, 2.75) is 23.5 Å². The van der Waals surface area contributed by atoms with E-state index >= 15 is 0 Å². The van der Waals surface area contributed by atoms with E-state index in [1.165, 1.54) is 5.41 Å². The number of benzene rings is 1. The van der Waals surface area contributed by atoms with Gasteiger partial charge in [-0.1, -0.05) is 17.7 Å². The van der Waals surface area contributed by atoms with E-state index in [2.05, 4.69) is 6.92 Å². The maximum Gasteiger partial charge on any atom is 0.416 e. The second kappa shape index (κ2) is 5.13. The highest BCUT2D eigenvalue weighted by molar-refractivity contribution is 8.22. The number of allylic oxidation sites excluding steroid dienone is 2. The molecule has 6 heteroatoms. The zero-order valence-electron chi connectivity index (χ0n) is 10.7. The summed E-state index contributed by atoms with van der Waals surface area (Å²) in [6.07, 6.45) is -3.19. The van der Waals surface area contributed by atoms with Crippen LogP contribution in [0.5, 0.6) is 0 Å². The highest BCUT2D eigenvalue weighted by Gasteiger charge is 2.34. The largest absolute Gasteiger partial charge is 0.416 e. The van der Waals surface area contributed by atoms with Crippen LogP contribution in [0.3, 0.4) is 0 Å².